The Hall–Kier alpha value is -2.31. The molecule has 1 N–H and O–H groups in total. The predicted octanol–water partition coefficient (Wildman–Crippen LogP) is 3.25. The van der Waals surface area contributed by atoms with Crippen LogP contribution in [0, 0.1) is 0 Å². The van der Waals surface area contributed by atoms with E-state index in [0.29, 0.717) is 22.0 Å². The van der Waals surface area contributed by atoms with E-state index in [4.69, 9.17) is 25.9 Å². The maximum Gasteiger partial charge on any atom is 0.344 e. The number of carbonyl (C=O) groups excluding carboxylic acids is 1. The number of aromatic nitrogens is 1. The molecule has 2 aromatic rings. The zero-order valence-electron chi connectivity index (χ0n) is 13.5. The molecule has 6 nitrogen and oxygen atoms in total. The van der Waals surface area contributed by atoms with Crippen molar-refractivity contribution in [2.45, 2.75) is 20.0 Å². The Labute approximate surface area is 145 Å². The second-order valence-corrected chi connectivity index (χ2v) is 5.63. The van der Waals surface area contributed by atoms with Gasteiger partial charge in [-0.2, -0.15) is 0 Å². The van der Waals surface area contributed by atoms with Gasteiger partial charge in [0.15, 0.2) is 6.61 Å². The Kier molecular flexibility index (Phi) is 6.40. The van der Waals surface area contributed by atoms with Gasteiger partial charge in [0.2, 0.25) is 0 Å². The number of benzene rings is 1. The first-order chi connectivity index (χ1) is 11.5. The van der Waals surface area contributed by atoms with Crippen LogP contribution in [0.4, 0.5) is 0 Å². The van der Waals surface area contributed by atoms with Crippen LogP contribution in [-0.2, 0) is 14.4 Å². The van der Waals surface area contributed by atoms with E-state index in [0.717, 1.165) is 5.39 Å². The molecule has 128 valence electrons. The number of fused-ring (bicyclic) bond motifs is 1. The van der Waals surface area contributed by atoms with Crippen molar-refractivity contribution >= 4 is 28.5 Å². The molecule has 0 aliphatic carbocycles. The van der Waals surface area contributed by atoms with Gasteiger partial charge in [0.05, 0.1) is 5.02 Å². The second-order valence-electron chi connectivity index (χ2n) is 5.23. The molecular weight excluding hydrogens is 332 g/mol. The van der Waals surface area contributed by atoms with E-state index < -0.39 is 12.1 Å². The first-order valence-corrected chi connectivity index (χ1v) is 7.74. The van der Waals surface area contributed by atoms with Crippen molar-refractivity contribution in [3.05, 3.63) is 47.8 Å². The maximum absolute atomic E-state index is 11.8. The van der Waals surface area contributed by atoms with Crippen molar-refractivity contribution in [3.63, 3.8) is 0 Å². The summed E-state index contributed by atoms with van der Waals surface area (Å²) in [5.74, 6) is -0.0275. The molecule has 1 aromatic carbocycles. The summed E-state index contributed by atoms with van der Waals surface area (Å²) < 4.78 is 10.7. The quantitative estimate of drug-likeness (QED) is 0.582. The average molecular weight is 351 g/mol. The lowest BCUT2D eigenvalue weighted by molar-refractivity contribution is -0.154. The largest absolute Gasteiger partial charge is 0.480 e. The number of hydrogen-bond donors (Lipinski definition) is 1. The minimum atomic E-state index is -0.500. The van der Waals surface area contributed by atoms with E-state index in [-0.39, 0.29) is 13.2 Å². The van der Waals surface area contributed by atoms with Crippen molar-refractivity contribution in [2.75, 3.05) is 13.2 Å². The normalized spacial score (nSPS) is 11.8. The number of esters is 1. The number of hydroxylamine groups is 1. The predicted molar refractivity (Wildman–Crippen MR) is 91.7 cm³/mol. The van der Waals surface area contributed by atoms with E-state index in [9.17, 15) is 4.79 Å². The SMILES string of the molecule is C=C(C)NOCC(C)OC(=O)COc1ccc(Cl)c2cccnc12. The summed E-state index contributed by atoms with van der Waals surface area (Å²) in [6, 6.07) is 7.00. The van der Waals surface area contributed by atoms with Crippen LogP contribution in [0.2, 0.25) is 5.02 Å². The second kappa shape index (κ2) is 8.52. The summed E-state index contributed by atoms with van der Waals surface area (Å²) in [7, 11) is 0. The number of halogens is 1. The minimum absolute atomic E-state index is 0.198. The molecule has 0 bridgehead atoms. The van der Waals surface area contributed by atoms with Gasteiger partial charge in [-0.1, -0.05) is 18.2 Å². The molecule has 24 heavy (non-hydrogen) atoms. The molecule has 0 amide bonds. The highest BCUT2D eigenvalue weighted by atomic mass is 35.5. The Morgan fingerprint density at radius 2 is 2.21 bits per heavy atom. The van der Waals surface area contributed by atoms with Crippen LogP contribution in [-0.4, -0.2) is 30.3 Å². The first-order valence-electron chi connectivity index (χ1n) is 7.36. The topological polar surface area (TPSA) is 69.7 Å². The van der Waals surface area contributed by atoms with Crippen molar-refractivity contribution < 1.29 is 19.1 Å². The lowest BCUT2D eigenvalue weighted by Crippen LogP contribution is -2.27. The van der Waals surface area contributed by atoms with Gasteiger partial charge in [-0.15, -0.1) is 0 Å². The van der Waals surface area contributed by atoms with Crippen LogP contribution in [0.1, 0.15) is 13.8 Å². The highest BCUT2D eigenvalue weighted by molar-refractivity contribution is 6.35. The third kappa shape index (κ3) is 5.11. The zero-order chi connectivity index (χ0) is 17.5. The van der Waals surface area contributed by atoms with Gasteiger partial charge in [0.1, 0.15) is 24.0 Å². The van der Waals surface area contributed by atoms with Crippen LogP contribution in [0.25, 0.3) is 10.9 Å². The highest BCUT2D eigenvalue weighted by Crippen LogP contribution is 2.29. The zero-order valence-corrected chi connectivity index (χ0v) is 14.3. The fraction of sp³-hybridized carbons (Fsp3) is 0.294. The minimum Gasteiger partial charge on any atom is -0.480 e. The molecule has 1 atom stereocenters. The number of ether oxygens (including phenoxy) is 2. The number of allylic oxidation sites excluding steroid dienone is 1. The summed E-state index contributed by atoms with van der Waals surface area (Å²) >= 11 is 6.12. The van der Waals surface area contributed by atoms with Crippen molar-refractivity contribution in [3.8, 4) is 5.75 Å². The standard InChI is InChI=1S/C17H19ClN2O4/c1-11(2)20-23-9-12(3)24-16(21)10-22-15-7-6-14(18)13-5-4-8-19-17(13)15/h4-8,12,20H,1,9-10H2,2-3H3. The number of pyridine rings is 1. The molecule has 0 saturated carbocycles. The molecule has 0 radical (unpaired) electrons. The number of carbonyl (C=O) groups is 1. The van der Waals surface area contributed by atoms with E-state index in [1.54, 1.807) is 38.2 Å². The lowest BCUT2D eigenvalue weighted by Gasteiger charge is -2.15. The number of hydrogen-bond acceptors (Lipinski definition) is 6. The molecular formula is C17H19ClN2O4. The van der Waals surface area contributed by atoms with Crippen molar-refractivity contribution in [1.29, 1.82) is 0 Å². The van der Waals surface area contributed by atoms with E-state index in [1.807, 2.05) is 6.07 Å². The Morgan fingerprint density at radius 1 is 1.42 bits per heavy atom. The van der Waals surface area contributed by atoms with Crippen LogP contribution in [0.15, 0.2) is 42.7 Å². The summed E-state index contributed by atoms with van der Waals surface area (Å²) in [4.78, 5) is 21.2. The summed E-state index contributed by atoms with van der Waals surface area (Å²) in [5, 5.41) is 1.33. The van der Waals surface area contributed by atoms with Gasteiger partial charge in [0, 0.05) is 17.3 Å². The monoisotopic (exact) mass is 350 g/mol. The third-order valence-corrected chi connectivity index (χ3v) is 3.25. The molecule has 1 heterocycles. The number of nitrogens with one attached hydrogen (secondary N) is 1. The van der Waals surface area contributed by atoms with Crippen LogP contribution in [0.5, 0.6) is 5.75 Å². The molecule has 0 aliphatic rings. The molecule has 0 aliphatic heterocycles. The molecule has 0 spiro atoms. The van der Waals surface area contributed by atoms with Gasteiger partial charge in [-0.05, 0) is 38.1 Å². The fourth-order valence-corrected chi connectivity index (χ4v) is 2.16. The molecule has 1 unspecified atom stereocenters. The lowest BCUT2D eigenvalue weighted by atomic mass is 10.2. The average Bonchev–Trinajstić information content (AvgIpc) is 2.54. The Morgan fingerprint density at radius 3 is 2.96 bits per heavy atom. The molecule has 2 rings (SSSR count). The maximum atomic E-state index is 11.8. The smallest absolute Gasteiger partial charge is 0.344 e. The third-order valence-electron chi connectivity index (χ3n) is 2.92. The van der Waals surface area contributed by atoms with Gasteiger partial charge < -0.3 is 9.47 Å². The van der Waals surface area contributed by atoms with Crippen LogP contribution in [0.3, 0.4) is 0 Å². The first kappa shape index (κ1) is 18.0. The van der Waals surface area contributed by atoms with E-state index in [1.165, 1.54) is 0 Å². The van der Waals surface area contributed by atoms with Gasteiger partial charge in [0.25, 0.3) is 0 Å². The molecule has 0 saturated heterocycles. The molecule has 7 heteroatoms. The van der Waals surface area contributed by atoms with Crippen LogP contribution < -0.4 is 10.2 Å². The number of rotatable bonds is 8. The van der Waals surface area contributed by atoms with Gasteiger partial charge in [-0.25, -0.2) is 4.79 Å². The van der Waals surface area contributed by atoms with Crippen LogP contribution >= 0.6 is 11.6 Å². The van der Waals surface area contributed by atoms with Gasteiger partial charge >= 0.3 is 5.97 Å². The molecule has 1 aromatic heterocycles. The Bertz CT molecular complexity index is 736. The van der Waals surface area contributed by atoms with E-state index >= 15 is 0 Å². The molecule has 0 fully saturated rings. The summed E-state index contributed by atoms with van der Waals surface area (Å²) in [6.45, 7) is 7.07. The number of nitrogens with zero attached hydrogens (tertiary/aromatic N) is 1. The summed E-state index contributed by atoms with van der Waals surface area (Å²) in [5.41, 5.74) is 3.86. The highest BCUT2D eigenvalue weighted by Gasteiger charge is 2.13. The Balaban J connectivity index is 1.88. The van der Waals surface area contributed by atoms with E-state index in [2.05, 4.69) is 17.0 Å². The van der Waals surface area contributed by atoms with Gasteiger partial charge in [-0.3, -0.25) is 15.3 Å². The fourth-order valence-electron chi connectivity index (χ4n) is 1.94. The van der Waals surface area contributed by atoms with Crippen molar-refractivity contribution in [1.82, 2.24) is 10.5 Å². The van der Waals surface area contributed by atoms with Crippen molar-refractivity contribution in [2.24, 2.45) is 0 Å². The summed E-state index contributed by atoms with van der Waals surface area (Å²) in [6.07, 6.45) is 1.21.